The Labute approximate surface area is 165 Å². The molecule has 0 atom stereocenters. The van der Waals surface area contributed by atoms with Crippen molar-refractivity contribution >= 4 is 11.5 Å². The highest BCUT2D eigenvalue weighted by atomic mass is 15.0. The van der Waals surface area contributed by atoms with Crippen LogP contribution in [0.1, 0.15) is 56.9 Å². The largest absolute Gasteiger partial charge is 0.344 e. The van der Waals surface area contributed by atoms with E-state index < -0.39 is 0 Å². The maximum Gasteiger partial charge on any atom is 0.101 e. The fourth-order valence-corrected chi connectivity index (χ4v) is 3.36. The molecule has 0 spiro atoms. The normalized spacial score (nSPS) is 15.4. The number of nitrogens with two attached hydrogens (primary N) is 1. The summed E-state index contributed by atoms with van der Waals surface area (Å²) in [4.78, 5) is 4.79. The van der Waals surface area contributed by atoms with Gasteiger partial charge in [-0.3, -0.25) is 4.99 Å². The van der Waals surface area contributed by atoms with Crippen LogP contribution in [0.5, 0.6) is 0 Å². The van der Waals surface area contributed by atoms with Crippen LogP contribution in [0.25, 0.3) is 0 Å². The van der Waals surface area contributed by atoms with Crippen LogP contribution >= 0.6 is 0 Å². The molecule has 0 aromatic heterocycles. The fourth-order valence-electron chi connectivity index (χ4n) is 3.36. The van der Waals surface area contributed by atoms with Crippen molar-refractivity contribution in [2.75, 3.05) is 44.6 Å². The van der Waals surface area contributed by atoms with Gasteiger partial charge in [-0.15, -0.1) is 0 Å². The van der Waals surface area contributed by atoms with Crippen LogP contribution in [-0.4, -0.2) is 45.1 Å². The number of nitrogens with zero attached hydrogens (tertiary/aromatic N) is 1. The lowest BCUT2D eigenvalue weighted by Crippen LogP contribution is -2.21. The van der Waals surface area contributed by atoms with Gasteiger partial charge in [-0.25, -0.2) is 0 Å². The molecule has 5 heteroatoms. The summed E-state index contributed by atoms with van der Waals surface area (Å²) < 4.78 is 0. The summed E-state index contributed by atoms with van der Waals surface area (Å²) in [5.74, 6) is 1.16. The number of fused-ring (bicyclic) bond motifs is 1. The maximum atomic E-state index is 5.48. The van der Waals surface area contributed by atoms with Gasteiger partial charge in [0.2, 0.25) is 0 Å². The minimum absolute atomic E-state index is 0.808. The quantitative estimate of drug-likeness (QED) is 0.378. The highest BCUT2D eigenvalue weighted by Gasteiger charge is 2.10. The second-order valence-electron chi connectivity index (χ2n) is 7.37. The van der Waals surface area contributed by atoms with Crippen molar-refractivity contribution in [1.29, 1.82) is 0 Å². The molecule has 1 heterocycles. The van der Waals surface area contributed by atoms with Crippen molar-refractivity contribution in [1.82, 2.24) is 10.6 Å². The van der Waals surface area contributed by atoms with Gasteiger partial charge in [0.25, 0.3) is 0 Å². The van der Waals surface area contributed by atoms with E-state index in [4.69, 9.17) is 10.7 Å². The van der Waals surface area contributed by atoms with Crippen molar-refractivity contribution in [3.63, 3.8) is 0 Å². The third kappa shape index (κ3) is 9.89. The lowest BCUT2D eigenvalue weighted by molar-refractivity contribution is 0.558. The summed E-state index contributed by atoms with van der Waals surface area (Å²) >= 11 is 0. The molecular weight excluding hydrogens is 334 g/mol. The summed E-state index contributed by atoms with van der Waals surface area (Å²) in [6.07, 6.45) is 10.6. The number of anilines is 1. The standard InChI is InChI=1S/C22H39N5/c23-14-3-4-15-24-16-5-6-17-25-18-7-8-19-26-22-13-9-11-20-10-1-2-12-21(20)27-22/h1-2,10,12,24-25H,3-9,11,13-19,23H2,(H,26,27). The summed E-state index contributed by atoms with van der Waals surface area (Å²) in [7, 11) is 0. The third-order valence-corrected chi connectivity index (χ3v) is 4.99. The molecule has 5 nitrogen and oxygen atoms in total. The Balaban J connectivity index is 1.43. The smallest absolute Gasteiger partial charge is 0.101 e. The van der Waals surface area contributed by atoms with E-state index >= 15 is 0 Å². The Morgan fingerprint density at radius 1 is 0.852 bits per heavy atom. The molecule has 1 aliphatic heterocycles. The predicted molar refractivity (Wildman–Crippen MR) is 118 cm³/mol. The highest BCUT2D eigenvalue weighted by molar-refractivity contribution is 5.96. The van der Waals surface area contributed by atoms with Gasteiger partial charge >= 0.3 is 0 Å². The van der Waals surface area contributed by atoms with Crippen molar-refractivity contribution in [3.8, 4) is 0 Å². The van der Waals surface area contributed by atoms with Gasteiger partial charge in [-0.1, -0.05) is 18.2 Å². The summed E-state index contributed by atoms with van der Waals surface area (Å²) in [5.41, 5.74) is 8.14. The molecule has 0 amide bonds. The van der Waals surface area contributed by atoms with E-state index in [9.17, 15) is 0 Å². The van der Waals surface area contributed by atoms with E-state index in [1.807, 2.05) is 0 Å². The molecule has 0 saturated carbocycles. The van der Waals surface area contributed by atoms with Gasteiger partial charge in [-0.2, -0.15) is 0 Å². The number of aliphatic imine (C=N–C) groups is 1. The monoisotopic (exact) mass is 373 g/mol. The second-order valence-corrected chi connectivity index (χ2v) is 7.37. The Morgan fingerprint density at radius 2 is 1.52 bits per heavy atom. The Morgan fingerprint density at radius 3 is 2.26 bits per heavy atom. The van der Waals surface area contributed by atoms with Gasteiger partial charge in [-0.05, 0) is 95.7 Å². The molecule has 27 heavy (non-hydrogen) atoms. The zero-order chi connectivity index (χ0) is 19.0. The minimum Gasteiger partial charge on any atom is -0.344 e. The van der Waals surface area contributed by atoms with Gasteiger partial charge in [0, 0.05) is 18.7 Å². The molecule has 1 aromatic carbocycles. The lowest BCUT2D eigenvalue weighted by atomic mass is 10.1. The van der Waals surface area contributed by atoms with E-state index in [2.05, 4.69) is 40.2 Å². The molecule has 0 saturated heterocycles. The van der Waals surface area contributed by atoms with Gasteiger partial charge in [0.05, 0.1) is 0 Å². The van der Waals surface area contributed by atoms with E-state index in [1.54, 1.807) is 0 Å². The molecule has 0 unspecified atom stereocenters. The number of hydrogen-bond acceptors (Lipinski definition) is 4. The molecule has 0 bridgehead atoms. The number of benzene rings is 1. The predicted octanol–water partition coefficient (Wildman–Crippen LogP) is 3.31. The van der Waals surface area contributed by atoms with Crippen LogP contribution in [0.15, 0.2) is 29.3 Å². The first-order valence-electron chi connectivity index (χ1n) is 10.9. The molecule has 0 fully saturated rings. The molecule has 0 radical (unpaired) electrons. The van der Waals surface area contributed by atoms with E-state index in [-0.39, 0.29) is 0 Å². The van der Waals surface area contributed by atoms with Crippen LogP contribution in [0.2, 0.25) is 0 Å². The molecule has 2 rings (SSSR count). The van der Waals surface area contributed by atoms with Crippen LogP contribution in [0.3, 0.4) is 0 Å². The number of nitrogens with one attached hydrogen (secondary N) is 3. The zero-order valence-corrected chi connectivity index (χ0v) is 16.9. The van der Waals surface area contributed by atoms with Crippen LogP contribution in [0.4, 0.5) is 5.69 Å². The average molecular weight is 374 g/mol. The number of aryl methyl sites for hydroxylation is 1. The number of hydrogen-bond donors (Lipinski definition) is 4. The third-order valence-electron chi connectivity index (χ3n) is 4.99. The summed E-state index contributed by atoms with van der Waals surface area (Å²) in [5, 5.41) is 10.6. The van der Waals surface area contributed by atoms with Gasteiger partial charge < -0.3 is 21.7 Å². The summed E-state index contributed by atoms with van der Waals surface area (Å²) in [6, 6.07) is 8.60. The average Bonchev–Trinajstić information content (AvgIpc) is 2.90. The summed E-state index contributed by atoms with van der Waals surface area (Å²) in [6.45, 7) is 6.19. The van der Waals surface area contributed by atoms with Crippen molar-refractivity contribution in [2.45, 2.75) is 57.8 Å². The van der Waals surface area contributed by atoms with Gasteiger partial charge in [0.15, 0.2) is 0 Å². The van der Waals surface area contributed by atoms with Crippen LogP contribution < -0.4 is 21.7 Å². The Kier molecular flexibility index (Phi) is 11.8. The SMILES string of the molecule is NCCCCNCCCCNCCCCN=C1CCCc2ccccc2N1. The number of para-hydroxylation sites is 1. The Bertz CT molecular complexity index is 529. The highest BCUT2D eigenvalue weighted by Crippen LogP contribution is 2.21. The molecule has 0 aliphatic carbocycles. The zero-order valence-electron chi connectivity index (χ0n) is 16.9. The fraction of sp³-hybridized carbons (Fsp3) is 0.682. The molecule has 1 aliphatic rings. The number of rotatable bonds is 14. The van der Waals surface area contributed by atoms with Crippen molar-refractivity contribution in [2.24, 2.45) is 10.7 Å². The van der Waals surface area contributed by atoms with E-state index in [0.717, 1.165) is 70.8 Å². The minimum atomic E-state index is 0.808. The van der Waals surface area contributed by atoms with Crippen LogP contribution in [-0.2, 0) is 6.42 Å². The first-order valence-corrected chi connectivity index (χ1v) is 10.9. The first-order chi connectivity index (χ1) is 13.4. The molecule has 1 aromatic rings. The second kappa shape index (κ2) is 14.6. The number of unbranched alkanes of at least 4 members (excludes halogenated alkanes) is 3. The lowest BCUT2D eigenvalue weighted by Gasteiger charge is -2.09. The topological polar surface area (TPSA) is 74.5 Å². The van der Waals surface area contributed by atoms with Crippen molar-refractivity contribution < 1.29 is 0 Å². The number of amidine groups is 1. The van der Waals surface area contributed by atoms with Gasteiger partial charge in [0.1, 0.15) is 5.84 Å². The maximum absolute atomic E-state index is 5.48. The molecule has 152 valence electrons. The molecular formula is C22H39N5. The Hall–Kier alpha value is -1.43. The van der Waals surface area contributed by atoms with Crippen molar-refractivity contribution in [3.05, 3.63) is 29.8 Å². The van der Waals surface area contributed by atoms with E-state index in [0.29, 0.717) is 0 Å². The molecule has 5 N–H and O–H groups in total. The first kappa shape index (κ1) is 21.9. The van der Waals surface area contributed by atoms with E-state index in [1.165, 1.54) is 43.4 Å². The van der Waals surface area contributed by atoms with Crippen LogP contribution in [0, 0.1) is 0 Å².